The van der Waals surface area contributed by atoms with Gasteiger partial charge in [-0.05, 0) is 46.7 Å². The van der Waals surface area contributed by atoms with Gasteiger partial charge in [0.25, 0.3) is 5.91 Å². The molecule has 2 atom stereocenters. The lowest BCUT2D eigenvalue weighted by Gasteiger charge is -2.45. The number of ether oxygens (including phenoxy) is 2. The molecule has 3 aromatic carbocycles. The summed E-state index contributed by atoms with van der Waals surface area (Å²) in [7, 11) is 0. The van der Waals surface area contributed by atoms with Crippen molar-refractivity contribution in [3.8, 4) is 11.5 Å². The summed E-state index contributed by atoms with van der Waals surface area (Å²) in [6, 6.07) is 25.0. The number of hydrogen-bond donors (Lipinski definition) is 1. The third kappa shape index (κ3) is 2.71. The van der Waals surface area contributed by atoms with Crippen molar-refractivity contribution in [3.63, 3.8) is 0 Å². The highest BCUT2D eigenvalue weighted by Crippen LogP contribution is 2.55. The minimum absolute atomic E-state index is 0.104. The summed E-state index contributed by atoms with van der Waals surface area (Å²) in [6.45, 7) is 0.884. The molecule has 0 saturated carbocycles. The molecule has 1 N–H and O–H groups in total. The fraction of sp³-hybridized carbons (Fsp3) is 0.269. The lowest BCUT2D eigenvalue weighted by molar-refractivity contribution is -0.130. The van der Waals surface area contributed by atoms with Gasteiger partial charge in [0.1, 0.15) is 6.61 Å². The third-order valence-corrected chi connectivity index (χ3v) is 6.76. The second kappa shape index (κ2) is 6.91. The average Bonchev–Trinajstić information content (AvgIpc) is 2.82. The number of hydrogen-bond acceptors (Lipinski definition) is 3. The molecular weight excluding hydrogens is 374 g/mol. The molecule has 0 aromatic heterocycles. The van der Waals surface area contributed by atoms with Gasteiger partial charge >= 0.3 is 0 Å². The molecule has 4 heteroatoms. The molecule has 0 saturated heterocycles. The molecule has 1 heterocycles. The predicted octanol–water partition coefficient (Wildman–Crippen LogP) is 4.24. The molecule has 1 aliphatic heterocycles. The first-order valence-corrected chi connectivity index (χ1v) is 10.6. The molecule has 2 bridgehead atoms. The minimum Gasteiger partial charge on any atom is -0.485 e. The number of rotatable bonds is 3. The monoisotopic (exact) mass is 397 g/mol. The van der Waals surface area contributed by atoms with Gasteiger partial charge < -0.3 is 14.8 Å². The van der Waals surface area contributed by atoms with Crippen LogP contribution < -0.4 is 14.8 Å². The van der Waals surface area contributed by atoms with Crippen molar-refractivity contribution in [1.29, 1.82) is 0 Å². The van der Waals surface area contributed by atoms with Crippen LogP contribution in [0, 0.1) is 5.92 Å². The summed E-state index contributed by atoms with van der Waals surface area (Å²) in [5.74, 6) is 2.33. The van der Waals surface area contributed by atoms with Crippen LogP contribution in [0.15, 0.2) is 72.8 Å². The standard InChI is InChI=1S/C26H23NO3/c28-26(24-15-29-22-11-5-6-12-23(22)30-24)27-14-16-13-21-17-7-1-3-9-19(17)25(16)20-10-4-2-8-18(20)21/h1-12,16,21,24-25H,13-15H2,(H,27,28)/t16-,21?,24+,25?/m0/s1. The van der Waals surface area contributed by atoms with Crippen molar-refractivity contribution in [1.82, 2.24) is 5.32 Å². The minimum atomic E-state index is -0.611. The quantitative estimate of drug-likeness (QED) is 0.719. The number of nitrogens with one attached hydrogen (secondary N) is 1. The van der Waals surface area contributed by atoms with Crippen LogP contribution in [0.3, 0.4) is 0 Å². The molecule has 150 valence electrons. The summed E-state index contributed by atoms with van der Waals surface area (Å²) in [5.41, 5.74) is 5.73. The van der Waals surface area contributed by atoms with E-state index in [1.807, 2.05) is 24.3 Å². The van der Waals surface area contributed by atoms with E-state index >= 15 is 0 Å². The zero-order valence-electron chi connectivity index (χ0n) is 16.6. The van der Waals surface area contributed by atoms with Gasteiger partial charge in [-0.2, -0.15) is 0 Å². The maximum atomic E-state index is 12.8. The number of benzene rings is 3. The molecule has 0 spiro atoms. The summed E-state index contributed by atoms with van der Waals surface area (Å²) in [4.78, 5) is 12.8. The van der Waals surface area contributed by atoms with Gasteiger partial charge in [-0.3, -0.25) is 4.79 Å². The van der Waals surface area contributed by atoms with Crippen molar-refractivity contribution in [2.45, 2.75) is 24.4 Å². The van der Waals surface area contributed by atoms with E-state index in [1.165, 1.54) is 22.3 Å². The van der Waals surface area contributed by atoms with E-state index in [0.29, 0.717) is 35.8 Å². The highest BCUT2D eigenvalue weighted by molar-refractivity contribution is 5.81. The lowest BCUT2D eigenvalue weighted by Crippen LogP contribution is -2.47. The number of para-hydroxylation sites is 2. The van der Waals surface area contributed by atoms with E-state index in [9.17, 15) is 4.79 Å². The van der Waals surface area contributed by atoms with Crippen LogP contribution in [-0.2, 0) is 4.79 Å². The van der Waals surface area contributed by atoms with Gasteiger partial charge in [-0.15, -0.1) is 0 Å². The van der Waals surface area contributed by atoms with Crippen LogP contribution in [0.5, 0.6) is 11.5 Å². The Morgan fingerprint density at radius 3 is 2.13 bits per heavy atom. The smallest absolute Gasteiger partial charge is 0.264 e. The van der Waals surface area contributed by atoms with Crippen LogP contribution >= 0.6 is 0 Å². The van der Waals surface area contributed by atoms with E-state index in [-0.39, 0.29) is 12.5 Å². The topological polar surface area (TPSA) is 47.6 Å². The Bertz CT molecular complexity index is 1080. The lowest BCUT2D eigenvalue weighted by atomic mass is 9.59. The Labute approximate surface area is 175 Å². The highest BCUT2D eigenvalue weighted by Gasteiger charge is 2.43. The SMILES string of the molecule is O=C(NC[C@@H]1CC2c3ccccc3C1c1ccccc12)[C@H]1COc2ccccc2O1. The molecule has 1 amide bonds. The third-order valence-electron chi connectivity index (χ3n) is 6.76. The van der Waals surface area contributed by atoms with E-state index in [1.54, 1.807) is 0 Å². The molecule has 3 aromatic rings. The summed E-state index contributed by atoms with van der Waals surface area (Å²) in [6.07, 6.45) is 0.448. The first kappa shape index (κ1) is 17.6. The van der Waals surface area contributed by atoms with E-state index in [0.717, 1.165) is 6.42 Å². The van der Waals surface area contributed by atoms with Gasteiger partial charge in [0.2, 0.25) is 6.10 Å². The average molecular weight is 397 g/mol. The number of amides is 1. The van der Waals surface area contributed by atoms with E-state index < -0.39 is 6.10 Å². The van der Waals surface area contributed by atoms with Crippen molar-refractivity contribution in [3.05, 3.63) is 95.1 Å². The molecule has 7 rings (SSSR count). The Morgan fingerprint density at radius 2 is 1.43 bits per heavy atom. The van der Waals surface area contributed by atoms with Crippen molar-refractivity contribution in [2.75, 3.05) is 13.2 Å². The number of carbonyl (C=O) groups is 1. The molecule has 0 fully saturated rings. The largest absolute Gasteiger partial charge is 0.485 e. The Kier molecular flexibility index (Phi) is 4.05. The first-order valence-electron chi connectivity index (χ1n) is 10.6. The van der Waals surface area contributed by atoms with Crippen molar-refractivity contribution in [2.24, 2.45) is 5.92 Å². The zero-order chi connectivity index (χ0) is 20.1. The molecule has 0 unspecified atom stereocenters. The molecule has 4 aliphatic rings. The maximum absolute atomic E-state index is 12.8. The summed E-state index contributed by atoms with van der Waals surface area (Å²) < 4.78 is 11.6. The van der Waals surface area contributed by atoms with Gasteiger partial charge in [-0.1, -0.05) is 60.7 Å². The van der Waals surface area contributed by atoms with Crippen LogP contribution in [0.2, 0.25) is 0 Å². The zero-order valence-corrected chi connectivity index (χ0v) is 16.6. The molecule has 30 heavy (non-hydrogen) atoms. The fourth-order valence-electron chi connectivity index (χ4n) is 5.45. The Balaban J connectivity index is 1.21. The molecule has 4 nitrogen and oxygen atoms in total. The maximum Gasteiger partial charge on any atom is 0.264 e. The molecule has 3 aliphatic carbocycles. The van der Waals surface area contributed by atoms with Crippen LogP contribution in [0.4, 0.5) is 0 Å². The van der Waals surface area contributed by atoms with Gasteiger partial charge in [0.15, 0.2) is 11.5 Å². The number of carbonyl (C=O) groups excluding carboxylic acids is 1. The van der Waals surface area contributed by atoms with Crippen molar-refractivity contribution >= 4 is 5.91 Å². The highest BCUT2D eigenvalue weighted by atomic mass is 16.6. The first-order chi connectivity index (χ1) is 14.8. The molecular formula is C26H23NO3. The Hall–Kier alpha value is -3.27. The summed E-state index contributed by atoms with van der Waals surface area (Å²) in [5, 5.41) is 3.16. The van der Waals surface area contributed by atoms with Gasteiger partial charge in [0.05, 0.1) is 0 Å². The molecule has 0 radical (unpaired) electrons. The second-order valence-corrected chi connectivity index (χ2v) is 8.39. The van der Waals surface area contributed by atoms with E-state index in [2.05, 4.69) is 53.8 Å². The van der Waals surface area contributed by atoms with Gasteiger partial charge in [-0.25, -0.2) is 0 Å². The van der Waals surface area contributed by atoms with Crippen molar-refractivity contribution < 1.29 is 14.3 Å². The van der Waals surface area contributed by atoms with Crippen LogP contribution in [-0.4, -0.2) is 25.2 Å². The predicted molar refractivity (Wildman–Crippen MR) is 114 cm³/mol. The van der Waals surface area contributed by atoms with Crippen LogP contribution in [0.25, 0.3) is 0 Å². The van der Waals surface area contributed by atoms with E-state index in [4.69, 9.17) is 9.47 Å². The van der Waals surface area contributed by atoms with Gasteiger partial charge in [0, 0.05) is 18.4 Å². The van der Waals surface area contributed by atoms with Crippen LogP contribution in [0.1, 0.15) is 40.5 Å². The number of fused-ring (bicyclic) bond motifs is 2. The summed E-state index contributed by atoms with van der Waals surface area (Å²) >= 11 is 0. The second-order valence-electron chi connectivity index (χ2n) is 8.39. The normalized spacial score (nSPS) is 25.2. The fourth-order valence-corrected chi connectivity index (χ4v) is 5.45. The Morgan fingerprint density at radius 1 is 0.833 bits per heavy atom.